The van der Waals surface area contributed by atoms with Crippen molar-refractivity contribution < 1.29 is 13.6 Å². The molecule has 3 aromatic rings. The molecule has 3 rings (SSSR count). The Bertz CT molecular complexity index is 849. The van der Waals surface area contributed by atoms with Crippen molar-refractivity contribution in [1.29, 1.82) is 0 Å². The fourth-order valence-electron chi connectivity index (χ4n) is 2.06. The highest BCUT2D eigenvalue weighted by molar-refractivity contribution is 6.30. The second-order valence-electron chi connectivity index (χ2n) is 5.04. The van der Waals surface area contributed by atoms with E-state index in [1.54, 1.807) is 36.4 Å². The van der Waals surface area contributed by atoms with Crippen molar-refractivity contribution in [2.24, 2.45) is 0 Å². The van der Waals surface area contributed by atoms with Crippen LogP contribution in [0.2, 0.25) is 5.02 Å². The van der Waals surface area contributed by atoms with Gasteiger partial charge in [0.1, 0.15) is 5.82 Å². The number of aromatic nitrogens is 2. The van der Waals surface area contributed by atoms with Gasteiger partial charge in [0.15, 0.2) is 0 Å². The van der Waals surface area contributed by atoms with Gasteiger partial charge >= 0.3 is 0 Å². The monoisotopic (exact) mass is 345 g/mol. The van der Waals surface area contributed by atoms with Crippen LogP contribution in [0.1, 0.15) is 12.3 Å². The van der Waals surface area contributed by atoms with Gasteiger partial charge in [-0.3, -0.25) is 4.79 Å². The zero-order valence-electron chi connectivity index (χ0n) is 12.5. The predicted molar refractivity (Wildman–Crippen MR) is 88.1 cm³/mol. The summed E-state index contributed by atoms with van der Waals surface area (Å²) < 4.78 is 19.0. The Balaban J connectivity index is 1.58. The molecule has 0 atom stereocenters. The second-order valence-corrected chi connectivity index (χ2v) is 5.47. The molecule has 1 N–H and O–H groups in total. The van der Waals surface area contributed by atoms with Crippen LogP contribution in [0, 0.1) is 5.82 Å². The zero-order valence-corrected chi connectivity index (χ0v) is 13.3. The van der Waals surface area contributed by atoms with E-state index in [2.05, 4.69) is 15.5 Å². The van der Waals surface area contributed by atoms with Crippen LogP contribution >= 0.6 is 11.6 Å². The molecule has 0 radical (unpaired) electrons. The molecule has 7 heteroatoms. The summed E-state index contributed by atoms with van der Waals surface area (Å²) in [6.07, 6.45) is 0.372. The number of hydrogen-bond acceptors (Lipinski definition) is 4. The first-order valence-electron chi connectivity index (χ1n) is 7.24. The highest BCUT2D eigenvalue weighted by Gasteiger charge is 2.11. The first-order valence-corrected chi connectivity index (χ1v) is 7.62. The summed E-state index contributed by atoms with van der Waals surface area (Å²) in [6.45, 7) is 0. The largest absolute Gasteiger partial charge is 0.421 e. The Labute approximate surface area is 142 Å². The molecule has 0 spiro atoms. The number of aryl methyl sites for hydroxylation is 1. The average Bonchev–Trinajstić information content (AvgIpc) is 3.05. The van der Waals surface area contributed by atoms with E-state index < -0.39 is 5.82 Å². The molecule has 2 aromatic carbocycles. The van der Waals surface area contributed by atoms with Crippen LogP contribution < -0.4 is 5.32 Å². The number of rotatable bonds is 5. The number of anilines is 1. The molecule has 0 fully saturated rings. The molecule has 122 valence electrons. The number of para-hydroxylation sites is 1. The third-order valence-electron chi connectivity index (χ3n) is 3.27. The van der Waals surface area contributed by atoms with Gasteiger partial charge in [0.05, 0.1) is 5.69 Å². The van der Waals surface area contributed by atoms with Gasteiger partial charge in [-0.05, 0) is 36.4 Å². The minimum Gasteiger partial charge on any atom is -0.421 e. The number of amides is 1. The third kappa shape index (κ3) is 3.97. The Morgan fingerprint density at radius 2 is 1.88 bits per heavy atom. The van der Waals surface area contributed by atoms with Crippen molar-refractivity contribution in [2.75, 3.05) is 5.32 Å². The van der Waals surface area contributed by atoms with Crippen LogP contribution in [0.5, 0.6) is 0 Å². The molecule has 1 amide bonds. The molecule has 0 aliphatic rings. The lowest BCUT2D eigenvalue weighted by molar-refractivity contribution is -0.116. The van der Waals surface area contributed by atoms with E-state index in [1.807, 2.05) is 0 Å². The second kappa shape index (κ2) is 7.23. The van der Waals surface area contributed by atoms with E-state index in [-0.39, 0.29) is 24.4 Å². The lowest BCUT2D eigenvalue weighted by Crippen LogP contribution is -2.13. The molecule has 0 saturated heterocycles. The number of nitrogens with zero attached hydrogens (tertiary/aromatic N) is 2. The van der Waals surface area contributed by atoms with E-state index >= 15 is 0 Å². The van der Waals surface area contributed by atoms with E-state index in [1.165, 1.54) is 12.1 Å². The Kier molecular flexibility index (Phi) is 4.86. The van der Waals surface area contributed by atoms with E-state index in [0.717, 1.165) is 5.56 Å². The molecule has 0 unspecified atom stereocenters. The third-order valence-corrected chi connectivity index (χ3v) is 3.52. The van der Waals surface area contributed by atoms with Crippen molar-refractivity contribution in [3.63, 3.8) is 0 Å². The van der Waals surface area contributed by atoms with Crippen LogP contribution in [0.15, 0.2) is 52.9 Å². The molecule has 0 aliphatic carbocycles. The Morgan fingerprint density at radius 3 is 2.62 bits per heavy atom. The number of nitrogens with one attached hydrogen (secondary N) is 1. The minimum absolute atomic E-state index is 0.108. The predicted octanol–water partition coefficient (Wildman–Crippen LogP) is 4.10. The van der Waals surface area contributed by atoms with Gasteiger partial charge in [-0.15, -0.1) is 10.2 Å². The summed E-state index contributed by atoms with van der Waals surface area (Å²) >= 11 is 5.83. The normalized spacial score (nSPS) is 10.6. The van der Waals surface area contributed by atoms with Gasteiger partial charge in [-0.1, -0.05) is 23.7 Å². The first-order chi connectivity index (χ1) is 11.6. The lowest BCUT2D eigenvalue weighted by atomic mass is 10.2. The summed E-state index contributed by atoms with van der Waals surface area (Å²) in [7, 11) is 0. The van der Waals surface area contributed by atoms with Crippen LogP contribution in [-0.4, -0.2) is 16.1 Å². The molecule has 0 aliphatic heterocycles. The minimum atomic E-state index is -0.478. The smallest absolute Gasteiger partial charge is 0.247 e. The molecule has 0 bridgehead atoms. The summed E-state index contributed by atoms with van der Waals surface area (Å²) in [5.74, 6) is -0.111. The number of carbonyl (C=O) groups excluding carboxylic acids is 1. The van der Waals surface area contributed by atoms with Crippen LogP contribution in [-0.2, 0) is 11.2 Å². The molecule has 5 nitrogen and oxygen atoms in total. The number of carbonyl (C=O) groups is 1. The van der Waals surface area contributed by atoms with Gasteiger partial charge in [0.2, 0.25) is 17.7 Å². The summed E-state index contributed by atoms with van der Waals surface area (Å²) in [6, 6.07) is 13.0. The summed E-state index contributed by atoms with van der Waals surface area (Å²) in [4.78, 5) is 11.9. The highest BCUT2D eigenvalue weighted by Crippen LogP contribution is 2.20. The number of benzene rings is 2. The maximum atomic E-state index is 13.5. The van der Waals surface area contributed by atoms with Gasteiger partial charge in [0, 0.05) is 23.4 Å². The molecule has 1 heterocycles. The number of halogens is 2. The fraction of sp³-hybridized carbons (Fsp3) is 0.118. The fourth-order valence-corrected chi connectivity index (χ4v) is 2.19. The van der Waals surface area contributed by atoms with Gasteiger partial charge < -0.3 is 9.73 Å². The van der Waals surface area contributed by atoms with Gasteiger partial charge in [-0.25, -0.2) is 4.39 Å². The van der Waals surface area contributed by atoms with Crippen LogP contribution in [0.4, 0.5) is 10.1 Å². The standard InChI is InChI=1S/C17H13ClFN3O2/c18-12-7-5-11(6-8-12)17-22-21-16(24-17)10-9-15(23)20-14-4-2-1-3-13(14)19/h1-8H,9-10H2,(H,20,23). The SMILES string of the molecule is O=C(CCc1nnc(-c2ccc(Cl)cc2)o1)Nc1ccccc1F. The molecule has 1 aromatic heterocycles. The molecular weight excluding hydrogens is 333 g/mol. The van der Waals surface area contributed by atoms with Crippen molar-refractivity contribution >= 4 is 23.2 Å². The van der Waals surface area contributed by atoms with Crippen molar-refractivity contribution in [2.45, 2.75) is 12.8 Å². The molecule has 0 saturated carbocycles. The van der Waals surface area contributed by atoms with Crippen molar-refractivity contribution in [1.82, 2.24) is 10.2 Å². The van der Waals surface area contributed by atoms with Crippen LogP contribution in [0.3, 0.4) is 0 Å². The summed E-state index contributed by atoms with van der Waals surface area (Å²) in [5.41, 5.74) is 0.892. The van der Waals surface area contributed by atoms with E-state index in [0.29, 0.717) is 16.8 Å². The topological polar surface area (TPSA) is 68.0 Å². The zero-order chi connectivity index (χ0) is 16.9. The lowest BCUT2D eigenvalue weighted by Gasteiger charge is -2.04. The maximum absolute atomic E-state index is 13.5. The van der Waals surface area contributed by atoms with E-state index in [4.69, 9.17) is 16.0 Å². The number of hydrogen-bond donors (Lipinski definition) is 1. The van der Waals surface area contributed by atoms with Crippen molar-refractivity contribution in [3.8, 4) is 11.5 Å². The quantitative estimate of drug-likeness (QED) is 0.756. The summed E-state index contributed by atoms with van der Waals surface area (Å²) in [5, 5.41) is 11.0. The van der Waals surface area contributed by atoms with Crippen LogP contribution in [0.25, 0.3) is 11.5 Å². The maximum Gasteiger partial charge on any atom is 0.247 e. The first kappa shape index (κ1) is 16.1. The van der Waals surface area contributed by atoms with E-state index in [9.17, 15) is 9.18 Å². The van der Waals surface area contributed by atoms with Gasteiger partial charge in [-0.2, -0.15) is 0 Å². The Hall–Kier alpha value is -2.73. The molecule has 24 heavy (non-hydrogen) atoms. The van der Waals surface area contributed by atoms with Crippen molar-refractivity contribution in [3.05, 3.63) is 65.3 Å². The highest BCUT2D eigenvalue weighted by atomic mass is 35.5. The Morgan fingerprint density at radius 1 is 1.12 bits per heavy atom. The molecular formula is C17H13ClFN3O2. The van der Waals surface area contributed by atoms with Gasteiger partial charge in [0.25, 0.3) is 0 Å². The average molecular weight is 346 g/mol.